The fourth-order valence-corrected chi connectivity index (χ4v) is 5.22. The molecule has 0 unspecified atom stereocenters. The van der Waals surface area contributed by atoms with E-state index in [0.717, 1.165) is 25.7 Å². The SMILES string of the molecule is CCN(C(=O)COC(=O)c1ccc(S(=O)(=O)N(C)c2ccccc2)cc1)C1CCCCC1. The Bertz CT molecular complexity index is 1020. The molecule has 0 aromatic heterocycles. The third-order valence-corrected chi connectivity index (χ3v) is 7.67. The molecular formula is C24H30N2O5S. The zero-order valence-corrected chi connectivity index (χ0v) is 19.4. The molecule has 0 saturated heterocycles. The number of ether oxygens (including phenoxy) is 1. The van der Waals surface area contributed by atoms with Gasteiger partial charge >= 0.3 is 5.97 Å². The van der Waals surface area contributed by atoms with Gasteiger partial charge < -0.3 is 9.64 Å². The van der Waals surface area contributed by atoms with Gasteiger partial charge in [-0.2, -0.15) is 0 Å². The van der Waals surface area contributed by atoms with Crippen molar-refractivity contribution in [3.63, 3.8) is 0 Å². The van der Waals surface area contributed by atoms with Gasteiger partial charge in [0.15, 0.2) is 6.61 Å². The largest absolute Gasteiger partial charge is 0.452 e. The van der Waals surface area contributed by atoms with Crippen molar-refractivity contribution in [3.8, 4) is 0 Å². The second-order valence-corrected chi connectivity index (χ2v) is 9.85. The first-order valence-electron chi connectivity index (χ1n) is 10.9. The number of rotatable bonds is 8. The van der Waals surface area contributed by atoms with Gasteiger partial charge in [0.2, 0.25) is 0 Å². The number of hydrogen-bond acceptors (Lipinski definition) is 5. The van der Waals surface area contributed by atoms with Gasteiger partial charge in [0, 0.05) is 19.6 Å². The average Bonchev–Trinajstić information content (AvgIpc) is 2.83. The third kappa shape index (κ3) is 5.48. The first-order chi connectivity index (χ1) is 15.3. The number of amides is 1. The maximum atomic E-state index is 12.8. The standard InChI is InChI=1S/C24H30N2O5S/c1-3-26(21-12-8-5-9-13-21)23(27)18-31-24(28)19-14-16-22(17-15-19)32(29,30)25(2)20-10-6-4-7-11-20/h4,6-7,10-11,14-17,21H,3,5,8-9,12-13,18H2,1-2H3. The number of esters is 1. The molecule has 1 saturated carbocycles. The van der Waals surface area contributed by atoms with Crippen molar-refractivity contribution in [3.05, 3.63) is 60.2 Å². The summed E-state index contributed by atoms with van der Waals surface area (Å²) in [6.07, 6.45) is 5.40. The van der Waals surface area contributed by atoms with Gasteiger partial charge in [0.1, 0.15) is 0 Å². The van der Waals surface area contributed by atoms with Gasteiger partial charge in [-0.1, -0.05) is 37.5 Å². The van der Waals surface area contributed by atoms with Crippen LogP contribution in [0.1, 0.15) is 49.4 Å². The highest BCUT2D eigenvalue weighted by molar-refractivity contribution is 7.92. The average molecular weight is 459 g/mol. The Hall–Kier alpha value is -2.87. The predicted molar refractivity (Wildman–Crippen MR) is 123 cm³/mol. The van der Waals surface area contributed by atoms with E-state index in [-0.39, 0.29) is 29.0 Å². The van der Waals surface area contributed by atoms with Crippen LogP contribution < -0.4 is 4.31 Å². The first-order valence-corrected chi connectivity index (χ1v) is 12.4. The smallest absolute Gasteiger partial charge is 0.338 e. The molecule has 0 bridgehead atoms. The lowest BCUT2D eigenvalue weighted by atomic mass is 9.94. The molecule has 0 aliphatic heterocycles. The molecule has 0 atom stereocenters. The van der Waals surface area contributed by atoms with Crippen LogP contribution in [0.3, 0.4) is 0 Å². The molecule has 1 aliphatic carbocycles. The molecule has 2 aromatic carbocycles. The molecule has 0 heterocycles. The van der Waals surface area contributed by atoms with Crippen molar-refractivity contribution in [2.75, 3.05) is 24.5 Å². The summed E-state index contributed by atoms with van der Waals surface area (Å²) in [7, 11) is -2.29. The van der Waals surface area contributed by atoms with Crippen molar-refractivity contribution in [1.29, 1.82) is 0 Å². The molecular weight excluding hydrogens is 428 g/mol. The highest BCUT2D eigenvalue weighted by Gasteiger charge is 2.25. The Kier molecular flexibility index (Phi) is 7.90. The fraction of sp³-hybridized carbons (Fsp3) is 0.417. The molecule has 0 radical (unpaired) electrons. The Balaban J connectivity index is 1.61. The number of likely N-dealkylation sites (N-methyl/N-ethyl adjacent to an activating group) is 1. The van der Waals surface area contributed by atoms with Crippen LogP contribution in [0.4, 0.5) is 5.69 Å². The zero-order chi connectivity index (χ0) is 23.1. The van der Waals surface area contributed by atoms with Gasteiger partial charge in [-0.25, -0.2) is 13.2 Å². The topological polar surface area (TPSA) is 84.0 Å². The summed E-state index contributed by atoms with van der Waals surface area (Å²) in [6, 6.07) is 14.5. The fourth-order valence-electron chi connectivity index (χ4n) is 4.02. The van der Waals surface area contributed by atoms with E-state index in [1.807, 2.05) is 13.0 Å². The summed E-state index contributed by atoms with van der Waals surface area (Å²) in [5, 5.41) is 0. The molecule has 0 N–H and O–H groups in total. The summed E-state index contributed by atoms with van der Waals surface area (Å²) in [4.78, 5) is 26.8. The molecule has 1 aliphatic rings. The van der Waals surface area contributed by atoms with Crippen LogP contribution in [0, 0.1) is 0 Å². The van der Waals surface area contributed by atoms with E-state index < -0.39 is 16.0 Å². The van der Waals surface area contributed by atoms with Crippen LogP contribution >= 0.6 is 0 Å². The maximum Gasteiger partial charge on any atom is 0.338 e. The Morgan fingerprint density at radius 1 is 0.969 bits per heavy atom. The highest BCUT2D eigenvalue weighted by atomic mass is 32.2. The lowest BCUT2D eigenvalue weighted by Gasteiger charge is -2.33. The third-order valence-electron chi connectivity index (χ3n) is 5.87. The number of hydrogen-bond donors (Lipinski definition) is 0. The predicted octanol–water partition coefficient (Wildman–Crippen LogP) is 3.85. The van der Waals surface area contributed by atoms with Gasteiger partial charge in [-0.3, -0.25) is 9.10 Å². The van der Waals surface area contributed by atoms with E-state index in [9.17, 15) is 18.0 Å². The summed E-state index contributed by atoms with van der Waals surface area (Å²) in [5.74, 6) is -0.852. The van der Waals surface area contributed by atoms with E-state index >= 15 is 0 Å². The summed E-state index contributed by atoms with van der Waals surface area (Å²) >= 11 is 0. The Morgan fingerprint density at radius 3 is 2.19 bits per heavy atom. The number of carbonyl (C=O) groups is 2. The minimum absolute atomic E-state index is 0.0611. The lowest BCUT2D eigenvalue weighted by molar-refractivity contribution is -0.137. The quantitative estimate of drug-likeness (QED) is 0.561. The number of benzene rings is 2. The van der Waals surface area contributed by atoms with Crippen molar-refractivity contribution in [1.82, 2.24) is 4.90 Å². The Labute approximate surface area is 190 Å². The molecule has 3 rings (SSSR count). The molecule has 1 amide bonds. The summed E-state index contributed by atoms with van der Waals surface area (Å²) in [6.45, 7) is 2.20. The van der Waals surface area contributed by atoms with Crippen LogP contribution in [0.2, 0.25) is 0 Å². The van der Waals surface area contributed by atoms with Crippen molar-refractivity contribution in [2.45, 2.75) is 50.0 Å². The van der Waals surface area contributed by atoms with Crippen LogP contribution in [0.25, 0.3) is 0 Å². The molecule has 7 nitrogen and oxygen atoms in total. The van der Waals surface area contributed by atoms with Crippen LogP contribution in [0.5, 0.6) is 0 Å². The monoisotopic (exact) mass is 458 g/mol. The number of sulfonamides is 1. The molecule has 1 fully saturated rings. The number of carbonyl (C=O) groups excluding carboxylic acids is 2. The number of nitrogens with zero attached hydrogens (tertiary/aromatic N) is 2. The number of para-hydroxylation sites is 1. The minimum atomic E-state index is -3.77. The van der Waals surface area contributed by atoms with Crippen LogP contribution in [-0.4, -0.2) is 51.4 Å². The van der Waals surface area contributed by atoms with Gasteiger partial charge in [-0.15, -0.1) is 0 Å². The summed E-state index contributed by atoms with van der Waals surface area (Å²) < 4.78 is 32.1. The van der Waals surface area contributed by atoms with E-state index in [0.29, 0.717) is 12.2 Å². The van der Waals surface area contributed by atoms with Gasteiger partial charge in [0.05, 0.1) is 16.1 Å². The zero-order valence-electron chi connectivity index (χ0n) is 18.6. The normalized spacial score (nSPS) is 14.6. The van der Waals surface area contributed by atoms with Crippen LogP contribution in [0.15, 0.2) is 59.5 Å². The van der Waals surface area contributed by atoms with Gasteiger partial charge in [-0.05, 0) is 56.2 Å². The second-order valence-electron chi connectivity index (χ2n) is 7.88. The van der Waals surface area contributed by atoms with E-state index in [2.05, 4.69) is 0 Å². The second kappa shape index (κ2) is 10.6. The molecule has 32 heavy (non-hydrogen) atoms. The van der Waals surface area contributed by atoms with E-state index in [4.69, 9.17) is 4.74 Å². The van der Waals surface area contributed by atoms with Crippen LogP contribution in [-0.2, 0) is 19.6 Å². The van der Waals surface area contributed by atoms with Gasteiger partial charge in [0.25, 0.3) is 15.9 Å². The van der Waals surface area contributed by atoms with E-state index in [1.165, 1.54) is 42.0 Å². The van der Waals surface area contributed by atoms with Crippen molar-refractivity contribution in [2.24, 2.45) is 0 Å². The molecule has 172 valence electrons. The first kappa shape index (κ1) is 23.8. The van der Waals surface area contributed by atoms with Crippen molar-refractivity contribution < 1.29 is 22.7 Å². The lowest BCUT2D eigenvalue weighted by Crippen LogP contribution is -2.43. The number of anilines is 1. The highest BCUT2D eigenvalue weighted by Crippen LogP contribution is 2.23. The van der Waals surface area contributed by atoms with Crippen molar-refractivity contribution >= 4 is 27.6 Å². The Morgan fingerprint density at radius 2 is 1.59 bits per heavy atom. The molecule has 2 aromatic rings. The molecule has 0 spiro atoms. The maximum absolute atomic E-state index is 12.8. The minimum Gasteiger partial charge on any atom is -0.452 e. The summed E-state index contributed by atoms with van der Waals surface area (Å²) in [5.41, 5.74) is 0.729. The molecule has 8 heteroatoms. The van der Waals surface area contributed by atoms with E-state index in [1.54, 1.807) is 29.2 Å².